The molecule has 0 spiro atoms. The van der Waals surface area contributed by atoms with Gasteiger partial charge in [-0.25, -0.2) is 0 Å². The number of hydrogen-bond acceptors (Lipinski definition) is 3. The summed E-state index contributed by atoms with van der Waals surface area (Å²) in [4.78, 5) is 2.51. The molecule has 1 fully saturated rings. The fourth-order valence-electron chi connectivity index (χ4n) is 2.56. The molecule has 0 aromatic heterocycles. The Morgan fingerprint density at radius 3 is 3.12 bits per heavy atom. The van der Waals surface area contributed by atoms with Gasteiger partial charge < -0.3 is 10.5 Å². The maximum atomic E-state index is 5.61. The molecule has 1 aromatic rings. The molecule has 3 nitrogen and oxygen atoms in total. The van der Waals surface area contributed by atoms with E-state index in [1.54, 1.807) is 7.11 Å². The second-order valence-corrected chi connectivity index (χ2v) is 4.82. The molecule has 0 aliphatic carbocycles. The highest BCUT2D eigenvalue weighted by atomic mass is 16.5. The summed E-state index contributed by atoms with van der Waals surface area (Å²) in [6, 6.07) is 8.33. The number of nitrogens with zero attached hydrogens (tertiary/aromatic N) is 1. The van der Waals surface area contributed by atoms with Gasteiger partial charge >= 0.3 is 0 Å². The van der Waals surface area contributed by atoms with Crippen molar-refractivity contribution in [2.24, 2.45) is 11.7 Å². The number of likely N-dealkylation sites (tertiary alicyclic amines) is 1. The van der Waals surface area contributed by atoms with E-state index >= 15 is 0 Å². The van der Waals surface area contributed by atoms with E-state index in [1.807, 2.05) is 6.07 Å². The molecule has 0 radical (unpaired) electrons. The van der Waals surface area contributed by atoms with E-state index in [-0.39, 0.29) is 0 Å². The van der Waals surface area contributed by atoms with Crippen molar-refractivity contribution in [1.29, 1.82) is 0 Å². The van der Waals surface area contributed by atoms with Crippen molar-refractivity contribution in [1.82, 2.24) is 4.90 Å². The van der Waals surface area contributed by atoms with E-state index < -0.39 is 0 Å². The maximum Gasteiger partial charge on any atom is 0.119 e. The Balaban J connectivity index is 1.88. The highest BCUT2D eigenvalue weighted by Gasteiger charge is 2.21. The van der Waals surface area contributed by atoms with Crippen molar-refractivity contribution >= 4 is 0 Å². The second kappa shape index (κ2) is 6.03. The van der Waals surface area contributed by atoms with E-state index in [0.29, 0.717) is 0 Å². The van der Waals surface area contributed by atoms with Crippen LogP contribution in [0.2, 0.25) is 0 Å². The zero-order valence-corrected chi connectivity index (χ0v) is 10.6. The van der Waals surface area contributed by atoms with Crippen molar-refractivity contribution in [2.45, 2.75) is 19.4 Å². The van der Waals surface area contributed by atoms with Crippen LogP contribution in [-0.4, -0.2) is 31.6 Å². The van der Waals surface area contributed by atoms with Crippen molar-refractivity contribution in [3.63, 3.8) is 0 Å². The first-order valence-corrected chi connectivity index (χ1v) is 6.37. The molecule has 2 rings (SSSR count). The van der Waals surface area contributed by atoms with Crippen LogP contribution in [0.25, 0.3) is 0 Å². The van der Waals surface area contributed by atoms with E-state index in [4.69, 9.17) is 10.5 Å². The van der Waals surface area contributed by atoms with Crippen LogP contribution in [0.1, 0.15) is 18.4 Å². The molecule has 1 aliphatic heterocycles. The van der Waals surface area contributed by atoms with E-state index in [2.05, 4.69) is 23.1 Å². The number of rotatable bonds is 5. The predicted molar refractivity (Wildman–Crippen MR) is 70.0 cm³/mol. The molecule has 3 heteroatoms. The first-order valence-electron chi connectivity index (χ1n) is 6.37. The van der Waals surface area contributed by atoms with Crippen molar-refractivity contribution < 1.29 is 4.74 Å². The molecule has 1 atom stereocenters. The number of benzene rings is 1. The monoisotopic (exact) mass is 234 g/mol. The summed E-state index contributed by atoms with van der Waals surface area (Å²) < 4.78 is 5.24. The van der Waals surface area contributed by atoms with Gasteiger partial charge in [0.15, 0.2) is 0 Å². The van der Waals surface area contributed by atoms with Crippen LogP contribution < -0.4 is 10.5 Å². The number of hydrogen-bond donors (Lipinski definition) is 1. The van der Waals surface area contributed by atoms with Gasteiger partial charge in [0.1, 0.15) is 5.75 Å². The van der Waals surface area contributed by atoms with Crippen molar-refractivity contribution in [3.05, 3.63) is 29.8 Å². The smallest absolute Gasteiger partial charge is 0.119 e. The average Bonchev–Trinajstić information content (AvgIpc) is 2.77. The number of methoxy groups -OCH3 is 1. The molecule has 1 saturated heterocycles. The molecule has 0 saturated carbocycles. The van der Waals surface area contributed by atoms with Gasteiger partial charge in [0.05, 0.1) is 7.11 Å². The van der Waals surface area contributed by atoms with Crippen LogP contribution in [0, 0.1) is 5.92 Å². The summed E-state index contributed by atoms with van der Waals surface area (Å²) >= 11 is 0. The Hall–Kier alpha value is -1.06. The van der Waals surface area contributed by atoms with Crippen LogP contribution in [0.4, 0.5) is 0 Å². The Kier molecular flexibility index (Phi) is 4.40. The molecule has 0 bridgehead atoms. The van der Waals surface area contributed by atoms with Crippen molar-refractivity contribution in [3.8, 4) is 5.75 Å². The summed E-state index contributed by atoms with van der Waals surface area (Å²) in [7, 11) is 1.71. The average molecular weight is 234 g/mol. The second-order valence-electron chi connectivity index (χ2n) is 4.82. The van der Waals surface area contributed by atoms with Crippen LogP contribution in [0.15, 0.2) is 24.3 Å². The summed E-state index contributed by atoms with van der Waals surface area (Å²) in [5.41, 5.74) is 6.94. The van der Waals surface area contributed by atoms with Crippen LogP contribution in [0.5, 0.6) is 5.75 Å². The summed E-state index contributed by atoms with van der Waals surface area (Å²) in [5.74, 6) is 1.74. The largest absolute Gasteiger partial charge is 0.497 e. The summed E-state index contributed by atoms with van der Waals surface area (Å²) in [6.07, 6.45) is 2.45. The molecule has 2 N–H and O–H groups in total. The summed E-state index contributed by atoms with van der Waals surface area (Å²) in [6.45, 7) is 4.23. The van der Waals surface area contributed by atoms with Gasteiger partial charge in [0, 0.05) is 13.1 Å². The quantitative estimate of drug-likeness (QED) is 0.845. The van der Waals surface area contributed by atoms with Gasteiger partial charge in [-0.2, -0.15) is 0 Å². The lowest BCUT2D eigenvalue weighted by Crippen LogP contribution is -2.20. The van der Waals surface area contributed by atoms with E-state index in [1.165, 1.54) is 25.1 Å². The fourth-order valence-corrected chi connectivity index (χ4v) is 2.56. The minimum atomic E-state index is 0.797. The topological polar surface area (TPSA) is 38.5 Å². The molecule has 1 aliphatic rings. The van der Waals surface area contributed by atoms with Crippen LogP contribution in [-0.2, 0) is 6.54 Å². The van der Waals surface area contributed by atoms with Gasteiger partial charge in [0.25, 0.3) is 0 Å². The van der Waals surface area contributed by atoms with E-state index in [0.717, 1.165) is 31.2 Å². The van der Waals surface area contributed by atoms with Gasteiger partial charge in [-0.3, -0.25) is 4.90 Å². The Labute approximate surface area is 104 Å². The third kappa shape index (κ3) is 3.45. The Bertz CT molecular complexity index is 354. The molecule has 94 valence electrons. The van der Waals surface area contributed by atoms with Crippen LogP contribution in [0.3, 0.4) is 0 Å². The van der Waals surface area contributed by atoms with Crippen molar-refractivity contribution in [2.75, 3.05) is 26.7 Å². The lowest BCUT2D eigenvalue weighted by molar-refractivity contribution is 0.313. The van der Waals surface area contributed by atoms with Gasteiger partial charge in [-0.05, 0) is 49.5 Å². The van der Waals surface area contributed by atoms with Gasteiger partial charge in [-0.15, -0.1) is 0 Å². The molecule has 1 aromatic carbocycles. The SMILES string of the molecule is COc1cccc(CN2CCC(CCN)C2)c1. The normalized spacial score (nSPS) is 20.7. The fraction of sp³-hybridized carbons (Fsp3) is 0.571. The molecule has 1 heterocycles. The van der Waals surface area contributed by atoms with Gasteiger partial charge in [-0.1, -0.05) is 12.1 Å². The predicted octanol–water partition coefficient (Wildman–Crippen LogP) is 1.87. The highest BCUT2D eigenvalue weighted by molar-refractivity contribution is 5.28. The molecule has 1 unspecified atom stereocenters. The minimum Gasteiger partial charge on any atom is -0.497 e. The third-order valence-corrected chi connectivity index (χ3v) is 3.49. The summed E-state index contributed by atoms with van der Waals surface area (Å²) in [5, 5.41) is 0. The first kappa shape index (κ1) is 12.4. The third-order valence-electron chi connectivity index (χ3n) is 3.49. The maximum absolute atomic E-state index is 5.61. The first-order chi connectivity index (χ1) is 8.31. The zero-order valence-electron chi connectivity index (χ0n) is 10.6. The number of ether oxygens (including phenoxy) is 1. The molecule has 17 heavy (non-hydrogen) atoms. The Morgan fingerprint density at radius 1 is 1.47 bits per heavy atom. The highest BCUT2D eigenvalue weighted by Crippen LogP contribution is 2.22. The minimum absolute atomic E-state index is 0.797. The lowest BCUT2D eigenvalue weighted by Gasteiger charge is -2.16. The van der Waals surface area contributed by atoms with E-state index in [9.17, 15) is 0 Å². The number of nitrogens with two attached hydrogens (primary N) is 1. The molecule has 0 amide bonds. The molecular weight excluding hydrogens is 212 g/mol. The van der Waals surface area contributed by atoms with Gasteiger partial charge in [0.2, 0.25) is 0 Å². The standard InChI is InChI=1S/C14H22N2O/c1-17-14-4-2-3-13(9-14)11-16-8-6-12(10-16)5-7-15/h2-4,9,12H,5-8,10-11,15H2,1H3. The zero-order chi connectivity index (χ0) is 12.1. The lowest BCUT2D eigenvalue weighted by atomic mass is 10.1. The molecular formula is C14H22N2O. The van der Waals surface area contributed by atoms with Crippen LogP contribution >= 0.6 is 0 Å². The Morgan fingerprint density at radius 2 is 2.35 bits per heavy atom.